The number of hydrogen-bond acceptors (Lipinski definition) is 3. The quantitative estimate of drug-likeness (QED) is 0.576. The summed E-state index contributed by atoms with van der Waals surface area (Å²) in [5.41, 5.74) is 4.44. The second-order valence-corrected chi connectivity index (χ2v) is 9.04. The number of benzene rings is 2. The van der Waals surface area contributed by atoms with E-state index in [1.165, 1.54) is 10.4 Å². The maximum absolute atomic E-state index is 13.7. The summed E-state index contributed by atoms with van der Waals surface area (Å²) in [6.07, 6.45) is 4.90. The number of carbonyl (C=O) groups excluding carboxylic acids is 2. The highest BCUT2D eigenvalue weighted by Gasteiger charge is 2.36. The van der Waals surface area contributed by atoms with E-state index in [2.05, 4.69) is 23.6 Å². The third-order valence-corrected chi connectivity index (χ3v) is 7.24. The summed E-state index contributed by atoms with van der Waals surface area (Å²) >= 11 is 1.77. The van der Waals surface area contributed by atoms with Gasteiger partial charge in [-0.15, -0.1) is 11.3 Å². The molecule has 0 radical (unpaired) electrons. The molecule has 0 saturated heterocycles. The zero-order chi connectivity index (χ0) is 21.4. The Morgan fingerprint density at radius 1 is 1.00 bits per heavy atom. The van der Waals surface area contributed by atoms with Crippen LogP contribution in [0.5, 0.6) is 0 Å². The molecule has 2 aromatic carbocycles. The van der Waals surface area contributed by atoms with E-state index in [4.69, 9.17) is 0 Å². The topological polar surface area (TPSA) is 40.6 Å². The fourth-order valence-electron chi connectivity index (χ4n) is 4.78. The highest BCUT2D eigenvalue weighted by atomic mass is 32.1. The van der Waals surface area contributed by atoms with Crippen LogP contribution in [-0.4, -0.2) is 28.2 Å². The summed E-state index contributed by atoms with van der Waals surface area (Å²) in [7, 11) is 0. The van der Waals surface area contributed by atoms with Crippen molar-refractivity contribution >= 4 is 29.2 Å². The van der Waals surface area contributed by atoms with E-state index in [9.17, 15) is 9.59 Å². The Hall–Kier alpha value is -3.18. The minimum atomic E-state index is -0.286. The van der Waals surface area contributed by atoms with Crippen LogP contribution in [0.4, 0.5) is 0 Å². The van der Waals surface area contributed by atoms with Crippen molar-refractivity contribution in [2.24, 2.45) is 0 Å². The van der Waals surface area contributed by atoms with Gasteiger partial charge in [0.05, 0.1) is 18.5 Å². The number of nitrogens with zero attached hydrogens (tertiary/aromatic N) is 2. The molecule has 0 saturated carbocycles. The van der Waals surface area contributed by atoms with Gasteiger partial charge in [-0.25, -0.2) is 0 Å². The predicted molar refractivity (Wildman–Crippen MR) is 123 cm³/mol. The molecule has 4 nitrogen and oxygen atoms in total. The summed E-state index contributed by atoms with van der Waals surface area (Å²) in [5, 5.41) is 2.12. The Morgan fingerprint density at radius 3 is 2.58 bits per heavy atom. The SMILES string of the molecule is CC(=O)N1C=Cc2ccccc2[C@@H]1CC(=O)N1CCc2sccc2[C@@H]1c1ccccc1. The van der Waals surface area contributed by atoms with Crippen LogP contribution in [0, 0.1) is 0 Å². The van der Waals surface area contributed by atoms with Crippen LogP contribution >= 0.6 is 11.3 Å². The summed E-state index contributed by atoms with van der Waals surface area (Å²) in [6, 6.07) is 20.0. The van der Waals surface area contributed by atoms with Crippen LogP contribution in [-0.2, 0) is 16.0 Å². The molecule has 0 unspecified atom stereocenters. The highest BCUT2D eigenvalue weighted by molar-refractivity contribution is 7.10. The van der Waals surface area contributed by atoms with Crippen molar-refractivity contribution in [3.05, 3.63) is 99.4 Å². The molecular formula is C26H24N2O2S. The van der Waals surface area contributed by atoms with Gasteiger partial charge in [-0.3, -0.25) is 9.59 Å². The number of thiophene rings is 1. The van der Waals surface area contributed by atoms with Crippen LogP contribution < -0.4 is 0 Å². The normalized spacial score (nSPS) is 19.6. The third kappa shape index (κ3) is 3.59. The molecular weight excluding hydrogens is 404 g/mol. The lowest BCUT2D eigenvalue weighted by molar-refractivity contribution is -0.136. The maximum atomic E-state index is 13.7. The minimum Gasteiger partial charge on any atom is -0.331 e. The number of amides is 2. The summed E-state index contributed by atoms with van der Waals surface area (Å²) in [4.78, 5) is 31.1. The molecule has 0 fully saturated rings. The molecule has 3 heterocycles. The molecule has 0 aliphatic carbocycles. The van der Waals surface area contributed by atoms with E-state index in [1.807, 2.05) is 59.6 Å². The highest BCUT2D eigenvalue weighted by Crippen LogP contribution is 2.40. The Morgan fingerprint density at radius 2 is 1.77 bits per heavy atom. The van der Waals surface area contributed by atoms with E-state index < -0.39 is 0 Å². The lowest BCUT2D eigenvalue weighted by Gasteiger charge is -2.39. The van der Waals surface area contributed by atoms with Crippen molar-refractivity contribution in [2.45, 2.75) is 31.8 Å². The number of carbonyl (C=O) groups is 2. The van der Waals surface area contributed by atoms with Crippen LogP contribution in [0.25, 0.3) is 6.08 Å². The summed E-state index contributed by atoms with van der Waals surface area (Å²) < 4.78 is 0. The van der Waals surface area contributed by atoms with Gasteiger partial charge in [-0.05, 0) is 46.2 Å². The van der Waals surface area contributed by atoms with Crippen molar-refractivity contribution in [3.63, 3.8) is 0 Å². The van der Waals surface area contributed by atoms with Gasteiger partial charge < -0.3 is 9.80 Å². The first kappa shape index (κ1) is 19.8. The lowest BCUT2D eigenvalue weighted by Crippen LogP contribution is -2.42. The molecule has 2 atom stereocenters. The first-order chi connectivity index (χ1) is 15.1. The molecule has 2 amide bonds. The fraction of sp³-hybridized carbons (Fsp3) is 0.231. The molecule has 2 aliphatic heterocycles. The van der Waals surface area contributed by atoms with Gasteiger partial charge in [0.1, 0.15) is 0 Å². The van der Waals surface area contributed by atoms with Gasteiger partial charge >= 0.3 is 0 Å². The van der Waals surface area contributed by atoms with Gasteiger partial charge in [-0.2, -0.15) is 0 Å². The van der Waals surface area contributed by atoms with E-state index in [1.54, 1.807) is 23.2 Å². The van der Waals surface area contributed by atoms with Gasteiger partial charge in [-0.1, -0.05) is 54.6 Å². The van der Waals surface area contributed by atoms with Crippen molar-refractivity contribution in [2.75, 3.05) is 6.54 Å². The van der Waals surface area contributed by atoms with Crippen LogP contribution in [0.15, 0.2) is 72.2 Å². The van der Waals surface area contributed by atoms with Gasteiger partial charge in [0.2, 0.25) is 11.8 Å². The molecule has 0 spiro atoms. The summed E-state index contributed by atoms with van der Waals surface area (Å²) in [5.74, 6) is 0.0222. The zero-order valence-electron chi connectivity index (χ0n) is 17.4. The second kappa shape index (κ2) is 8.16. The van der Waals surface area contributed by atoms with Gasteiger partial charge in [0.15, 0.2) is 0 Å². The molecule has 5 heteroatoms. The van der Waals surface area contributed by atoms with Crippen molar-refractivity contribution < 1.29 is 9.59 Å². The summed E-state index contributed by atoms with van der Waals surface area (Å²) in [6.45, 7) is 2.25. The first-order valence-corrected chi connectivity index (χ1v) is 11.5. The molecule has 156 valence electrons. The second-order valence-electron chi connectivity index (χ2n) is 8.04. The average Bonchev–Trinajstić information content (AvgIpc) is 3.28. The minimum absolute atomic E-state index is 0.0538. The monoisotopic (exact) mass is 428 g/mol. The molecule has 0 bridgehead atoms. The fourth-order valence-corrected chi connectivity index (χ4v) is 5.68. The van der Waals surface area contributed by atoms with Crippen molar-refractivity contribution in [1.82, 2.24) is 9.80 Å². The molecule has 0 N–H and O–H groups in total. The lowest BCUT2D eigenvalue weighted by atomic mass is 9.90. The van der Waals surface area contributed by atoms with Crippen LogP contribution in [0.2, 0.25) is 0 Å². The van der Waals surface area contributed by atoms with E-state index in [0.717, 1.165) is 23.1 Å². The van der Waals surface area contributed by atoms with E-state index in [-0.39, 0.29) is 30.3 Å². The number of hydrogen-bond donors (Lipinski definition) is 0. The predicted octanol–water partition coefficient (Wildman–Crippen LogP) is 5.19. The average molecular weight is 429 g/mol. The zero-order valence-corrected chi connectivity index (χ0v) is 18.2. The Balaban J connectivity index is 1.49. The van der Waals surface area contributed by atoms with Crippen LogP contribution in [0.3, 0.4) is 0 Å². The van der Waals surface area contributed by atoms with Crippen molar-refractivity contribution in [3.8, 4) is 0 Å². The standard InChI is InChI=1S/C26H24N2O2S/c1-18(29)27-14-11-19-7-5-6-10-21(19)23(27)17-25(30)28-15-12-24-22(13-16-31-24)26(28)20-8-3-2-4-9-20/h2-11,13-14,16,23,26H,12,15,17H2,1H3/t23-,26-/m0/s1. The third-order valence-electron chi connectivity index (χ3n) is 6.24. The van der Waals surface area contributed by atoms with E-state index in [0.29, 0.717) is 6.54 Å². The Labute approximate surface area is 186 Å². The number of rotatable bonds is 3. The molecule has 2 aliphatic rings. The van der Waals surface area contributed by atoms with E-state index >= 15 is 0 Å². The maximum Gasteiger partial charge on any atom is 0.225 e. The van der Waals surface area contributed by atoms with Gasteiger partial charge in [0, 0.05) is 24.5 Å². The Kier molecular flexibility index (Phi) is 5.20. The molecule has 5 rings (SSSR count). The Bertz CT molecular complexity index is 1150. The smallest absolute Gasteiger partial charge is 0.225 e. The molecule has 31 heavy (non-hydrogen) atoms. The molecule has 3 aromatic rings. The van der Waals surface area contributed by atoms with Crippen LogP contribution in [0.1, 0.15) is 52.6 Å². The van der Waals surface area contributed by atoms with Gasteiger partial charge in [0.25, 0.3) is 0 Å². The number of fused-ring (bicyclic) bond motifs is 2. The van der Waals surface area contributed by atoms with Crippen molar-refractivity contribution in [1.29, 1.82) is 0 Å². The first-order valence-electron chi connectivity index (χ1n) is 10.6. The molecule has 1 aromatic heterocycles. The largest absolute Gasteiger partial charge is 0.331 e.